The maximum Gasteiger partial charge on any atom is 0.168 e. The lowest BCUT2D eigenvalue weighted by atomic mass is 10.1. The Bertz CT molecular complexity index is 401. The Morgan fingerprint density at radius 3 is 3.07 bits per heavy atom. The van der Waals surface area contributed by atoms with Crippen molar-refractivity contribution in [1.29, 1.82) is 5.26 Å². The summed E-state index contributed by atoms with van der Waals surface area (Å²) in [7, 11) is 0. The standard InChI is InChI=1S/C11H15N3O/c1-8(2)6-14-11-3-4-15-7-9(11)10(5-12)13-14/h8H,3-4,6-7H2,1-2H3. The van der Waals surface area contributed by atoms with Crippen LogP contribution in [-0.2, 0) is 24.3 Å². The predicted octanol–water partition coefficient (Wildman–Crippen LogP) is 1.48. The van der Waals surface area contributed by atoms with Crippen LogP contribution in [0.4, 0.5) is 0 Å². The highest BCUT2D eigenvalue weighted by Crippen LogP contribution is 2.21. The van der Waals surface area contributed by atoms with Crippen LogP contribution >= 0.6 is 0 Å². The summed E-state index contributed by atoms with van der Waals surface area (Å²) < 4.78 is 7.33. The first-order chi connectivity index (χ1) is 7.22. The van der Waals surface area contributed by atoms with Crippen molar-refractivity contribution in [2.45, 2.75) is 33.4 Å². The van der Waals surface area contributed by atoms with Crippen LogP contribution in [0.5, 0.6) is 0 Å². The van der Waals surface area contributed by atoms with Crippen molar-refractivity contribution in [2.24, 2.45) is 5.92 Å². The molecule has 0 spiro atoms. The first kappa shape index (κ1) is 10.2. The van der Waals surface area contributed by atoms with Crippen molar-refractivity contribution in [1.82, 2.24) is 9.78 Å². The van der Waals surface area contributed by atoms with Gasteiger partial charge in [-0.25, -0.2) is 0 Å². The van der Waals surface area contributed by atoms with E-state index in [0.717, 1.165) is 25.1 Å². The minimum absolute atomic E-state index is 0.533. The van der Waals surface area contributed by atoms with Crippen LogP contribution < -0.4 is 0 Å². The van der Waals surface area contributed by atoms with E-state index in [0.29, 0.717) is 18.2 Å². The average Bonchev–Trinajstić information content (AvgIpc) is 2.56. The van der Waals surface area contributed by atoms with Crippen molar-refractivity contribution in [3.8, 4) is 6.07 Å². The van der Waals surface area contributed by atoms with E-state index in [1.807, 2.05) is 4.68 Å². The second kappa shape index (κ2) is 4.03. The molecule has 4 nitrogen and oxygen atoms in total. The van der Waals surface area contributed by atoms with E-state index in [1.54, 1.807) is 0 Å². The number of rotatable bonds is 2. The van der Waals surface area contributed by atoms with Gasteiger partial charge in [-0.05, 0) is 5.92 Å². The third-order valence-corrected chi connectivity index (χ3v) is 2.54. The average molecular weight is 205 g/mol. The van der Waals surface area contributed by atoms with Crippen LogP contribution in [0.1, 0.15) is 30.8 Å². The van der Waals surface area contributed by atoms with Gasteiger partial charge in [-0.2, -0.15) is 10.4 Å². The topological polar surface area (TPSA) is 50.8 Å². The molecule has 0 unspecified atom stereocenters. The van der Waals surface area contributed by atoms with Crippen molar-refractivity contribution < 1.29 is 4.74 Å². The zero-order valence-corrected chi connectivity index (χ0v) is 9.16. The Balaban J connectivity index is 2.39. The number of aromatic nitrogens is 2. The first-order valence-electron chi connectivity index (χ1n) is 5.28. The zero-order chi connectivity index (χ0) is 10.8. The summed E-state index contributed by atoms with van der Waals surface area (Å²) in [6, 6.07) is 2.14. The molecule has 1 aliphatic heterocycles. The van der Waals surface area contributed by atoms with Gasteiger partial charge >= 0.3 is 0 Å². The molecule has 0 fully saturated rings. The summed E-state index contributed by atoms with van der Waals surface area (Å²) in [5, 5.41) is 13.3. The van der Waals surface area contributed by atoms with Gasteiger partial charge in [-0.3, -0.25) is 4.68 Å². The lowest BCUT2D eigenvalue weighted by Gasteiger charge is -2.15. The molecule has 2 heterocycles. The number of hydrogen-bond acceptors (Lipinski definition) is 3. The molecule has 0 N–H and O–H groups in total. The van der Waals surface area contributed by atoms with Gasteiger partial charge in [0.2, 0.25) is 0 Å². The van der Waals surface area contributed by atoms with E-state index in [1.165, 1.54) is 5.69 Å². The van der Waals surface area contributed by atoms with E-state index in [2.05, 4.69) is 25.0 Å². The molecular formula is C11H15N3O. The molecule has 80 valence electrons. The molecule has 15 heavy (non-hydrogen) atoms. The molecule has 0 amide bonds. The predicted molar refractivity (Wildman–Crippen MR) is 55.1 cm³/mol. The summed E-state index contributed by atoms with van der Waals surface area (Å²) >= 11 is 0. The van der Waals surface area contributed by atoms with Crippen LogP contribution in [0.2, 0.25) is 0 Å². The second-order valence-electron chi connectivity index (χ2n) is 4.26. The number of nitriles is 1. The Labute approximate surface area is 89.5 Å². The Kier molecular flexibility index (Phi) is 2.74. The third kappa shape index (κ3) is 1.88. The molecule has 2 rings (SSSR count). The van der Waals surface area contributed by atoms with Crippen LogP contribution in [0, 0.1) is 17.2 Å². The van der Waals surface area contributed by atoms with Crippen LogP contribution in [0.3, 0.4) is 0 Å². The first-order valence-corrected chi connectivity index (χ1v) is 5.28. The Morgan fingerprint density at radius 1 is 1.60 bits per heavy atom. The molecular weight excluding hydrogens is 190 g/mol. The SMILES string of the molecule is CC(C)Cn1nc(C#N)c2c1CCOC2. The molecule has 0 saturated carbocycles. The van der Waals surface area contributed by atoms with Gasteiger partial charge < -0.3 is 4.74 Å². The number of ether oxygens (including phenoxy) is 1. The molecule has 0 radical (unpaired) electrons. The Morgan fingerprint density at radius 2 is 2.40 bits per heavy atom. The Hall–Kier alpha value is -1.34. The molecule has 0 aromatic carbocycles. The van der Waals surface area contributed by atoms with Crippen LogP contribution in [0.15, 0.2) is 0 Å². The van der Waals surface area contributed by atoms with Crippen molar-refractivity contribution >= 4 is 0 Å². The third-order valence-electron chi connectivity index (χ3n) is 2.54. The molecule has 1 aliphatic rings. The van der Waals surface area contributed by atoms with Gasteiger partial charge in [-0.1, -0.05) is 13.8 Å². The quantitative estimate of drug-likeness (QED) is 0.734. The minimum atomic E-state index is 0.533. The van der Waals surface area contributed by atoms with E-state index < -0.39 is 0 Å². The summed E-state index contributed by atoms with van der Waals surface area (Å²) in [4.78, 5) is 0. The van der Waals surface area contributed by atoms with Gasteiger partial charge in [0.1, 0.15) is 6.07 Å². The molecule has 0 bridgehead atoms. The smallest absolute Gasteiger partial charge is 0.168 e. The molecule has 4 heteroatoms. The lowest BCUT2D eigenvalue weighted by molar-refractivity contribution is 0.108. The fourth-order valence-corrected chi connectivity index (χ4v) is 1.90. The monoisotopic (exact) mass is 205 g/mol. The summed E-state index contributed by atoms with van der Waals surface area (Å²) in [5.74, 6) is 0.545. The minimum Gasteiger partial charge on any atom is -0.376 e. The largest absolute Gasteiger partial charge is 0.376 e. The van der Waals surface area contributed by atoms with Gasteiger partial charge in [0.15, 0.2) is 5.69 Å². The van der Waals surface area contributed by atoms with Crippen molar-refractivity contribution in [3.63, 3.8) is 0 Å². The molecule has 0 saturated heterocycles. The summed E-state index contributed by atoms with van der Waals surface area (Å²) in [5.41, 5.74) is 2.71. The molecule has 0 atom stereocenters. The highest BCUT2D eigenvalue weighted by molar-refractivity contribution is 5.35. The zero-order valence-electron chi connectivity index (χ0n) is 9.16. The fourth-order valence-electron chi connectivity index (χ4n) is 1.90. The number of fused-ring (bicyclic) bond motifs is 1. The molecule has 1 aromatic rings. The van der Waals surface area contributed by atoms with E-state index in [4.69, 9.17) is 10.00 Å². The van der Waals surface area contributed by atoms with Gasteiger partial charge in [-0.15, -0.1) is 0 Å². The van der Waals surface area contributed by atoms with Gasteiger partial charge in [0.25, 0.3) is 0 Å². The highest BCUT2D eigenvalue weighted by Gasteiger charge is 2.21. The van der Waals surface area contributed by atoms with E-state index in [9.17, 15) is 0 Å². The normalized spacial score (nSPS) is 15.1. The fraction of sp³-hybridized carbons (Fsp3) is 0.636. The second-order valence-corrected chi connectivity index (χ2v) is 4.26. The maximum absolute atomic E-state index is 8.96. The molecule has 0 aliphatic carbocycles. The number of hydrogen-bond donors (Lipinski definition) is 0. The highest BCUT2D eigenvalue weighted by atomic mass is 16.5. The lowest BCUT2D eigenvalue weighted by Crippen LogP contribution is -2.15. The van der Waals surface area contributed by atoms with E-state index >= 15 is 0 Å². The molecule has 1 aromatic heterocycles. The summed E-state index contributed by atoms with van der Waals surface area (Å²) in [6.07, 6.45) is 0.872. The summed E-state index contributed by atoms with van der Waals surface area (Å²) in [6.45, 7) is 6.46. The van der Waals surface area contributed by atoms with Crippen LogP contribution in [-0.4, -0.2) is 16.4 Å². The van der Waals surface area contributed by atoms with Gasteiger partial charge in [0.05, 0.1) is 13.2 Å². The van der Waals surface area contributed by atoms with Crippen LogP contribution in [0.25, 0.3) is 0 Å². The van der Waals surface area contributed by atoms with Crippen molar-refractivity contribution in [2.75, 3.05) is 6.61 Å². The van der Waals surface area contributed by atoms with E-state index in [-0.39, 0.29) is 0 Å². The number of nitrogens with zero attached hydrogens (tertiary/aromatic N) is 3. The van der Waals surface area contributed by atoms with Crippen molar-refractivity contribution in [3.05, 3.63) is 17.0 Å². The maximum atomic E-state index is 8.96. The van der Waals surface area contributed by atoms with Gasteiger partial charge in [0, 0.05) is 24.2 Å².